The molecule has 80 valence electrons. The summed E-state index contributed by atoms with van der Waals surface area (Å²) in [5, 5.41) is 7.42. The topological polar surface area (TPSA) is 46.5 Å². The van der Waals surface area contributed by atoms with Crippen LogP contribution in [0.5, 0.6) is 0 Å². The third-order valence-corrected chi connectivity index (χ3v) is 1.61. The SMILES string of the molecule is CC(=O)O.CCC(C)OC(C)CC. The molecule has 0 aliphatic rings. The second-order valence-electron chi connectivity index (χ2n) is 3.09. The van der Waals surface area contributed by atoms with Crippen LogP contribution in [0.3, 0.4) is 0 Å². The van der Waals surface area contributed by atoms with Gasteiger partial charge in [0.25, 0.3) is 5.97 Å². The first-order valence-electron chi connectivity index (χ1n) is 4.78. The Hall–Kier alpha value is -0.570. The van der Waals surface area contributed by atoms with Crippen LogP contribution in [-0.4, -0.2) is 23.3 Å². The van der Waals surface area contributed by atoms with E-state index >= 15 is 0 Å². The van der Waals surface area contributed by atoms with Crippen molar-refractivity contribution in [3.05, 3.63) is 0 Å². The zero-order valence-electron chi connectivity index (χ0n) is 9.33. The number of carbonyl (C=O) groups is 1. The third-order valence-electron chi connectivity index (χ3n) is 1.61. The number of ether oxygens (including phenoxy) is 1. The van der Waals surface area contributed by atoms with Gasteiger partial charge in [-0.3, -0.25) is 4.79 Å². The number of aliphatic carboxylic acids is 1. The normalized spacial score (nSPS) is 13.9. The van der Waals surface area contributed by atoms with Gasteiger partial charge in [-0.15, -0.1) is 0 Å². The van der Waals surface area contributed by atoms with Gasteiger partial charge in [0.2, 0.25) is 0 Å². The third kappa shape index (κ3) is 18.4. The second kappa shape index (κ2) is 9.52. The van der Waals surface area contributed by atoms with E-state index in [0.717, 1.165) is 19.8 Å². The van der Waals surface area contributed by atoms with Crippen LogP contribution >= 0.6 is 0 Å². The Kier molecular flexibility index (Phi) is 10.9. The van der Waals surface area contributed by atoms with Crippen LogP contribution in [0.1, 0.15) is 47.5 Å². The molecule has 0 heterocycles. The second-order valence-corrected chi connectivity index (χ2v) is 3.09. The van der Waals surface area contributed by atoms with Gasteiger partial charge in [-0.25, -0.2) is 0 Å². The summed E-state index contributed by atoms with van der Waals surface area (Å²) in [5.41, 5.74) is 0. The van der Waals surface area contributed by atoms with Crippen LogP contribution in [0, 0.1) is 0 Å². The monoisotopic (exact) mass is 190 g/mol. The van der Waals surface area contributed by atoms with Crippen molar-refractivity contribution >= 4 is 5.97 Å². The van der Waals surface area contributed by atoms with E-state index in [-0.39, 0.29) is 0 Å². The minimum atomic E-state index is -0.833. The van der Waals surface area contributed by atoms with E-state index in [4.69, 9.17) is 14.6 Å². The van der Waals surface area contributed by atoms with Crippen molar-refractivity contribution in [3.8, 4) is 0 Å². The molecule has 0 aliphatic heterocycles. The Morgan fingerprint density at radius 3 is 1.62 bits per heavy atom. The predicted octanol–water partition coefficient (Wildman–Crippen LogP) is 2.69. The van der Waals surface area contributed by atoms with Crippen molar-refractivity contribution in [3.63, 3.8) is 0 Å². The minimum Gasteiger partial charge on any atom is -0.481 e. The number of rotatable bonds is 4. The van der Waals surface area contributed by atoms with Gasteiger partial charge in [0.05, 0.1) is 12.2 Å². The molecule has 2 atom stereocenters. The smallest absolute Gasteiger partial charge is 0.300 e. The molecule has 13 heavy (non-hydrogen) atoms. The molecule has 0 aliphatic carbocycles. The van der Waals surface area contributed by atoms with E-state index in [1.807, 2.05) is 0 Å². The highest BCUT2D eigenvalue weighted by atomic mass is 16.5. The Morgan fingerprint density at radius 1 is 1.23 bits per heavy atom. The van der Waals surface area contributed by atoms with Gasteiger partial charge in [0.1, 0.15) is 0 Å². The van der Waals surface area contributed by atoms with Gasteiger partial charge in [-0.2, -0.15) is 0 Å². The number of carboxylic acid groups (broad SMARTS) is 1. The fourth-order valence-electron chi connectivity index (χ4n) is 0.589. The van der Waals surface area contributed by atoms with Crippen molar-refractivity contribution in [2.24, 2.45) is 0 Å². The van der Waals surface area contributed by atoms with Crippen molar-refractivity contribution in [2.45, 2.75) is 59.7 Å². The lowest BCUT2D eigenvalue weighted by atomic mass is 10.3. The zero-order valence-corrected chi connectivity index (χ0v) is 9.33. The van der Waals surface area contributed by atoms with Gasteiger partial charge >= 0.3 is 0 Å². The first kappa shape index (κ1) is 14.9. The summed E-state index contributed by atoms with van der Waals surface area (Å²) in [5.74, 6) is -0.833. The lowest BCUT2D eigenvalue weighted by Crippen LogP contribution is -2.14. The lowest BCUT2D eigenvalue weighted by Gasteiger charge is -2.15. The summed E-state index contributed by atoms with van der Waals surface area (Å²) in [6.07, 6.45) is 3.09. The fourth-order valence-corrected chi connectivity index (χ4v) is 0.589. The highest BCUT2D eigenvalue weighted by molar-refractivity contribution is 5.62. The summed E-state index contributed by atoms with van der Waals surface area (Å²) in [7, 11) is 0. The van der Waals surface area contributed by atoms with Crippen LogP contribution < -0.4 is 0 Å². The molecule has 0 fully saturated rings. The van der Waals surface area contributed by atoms with Crippen LogP contribution in [0.25, 0.3) is 0 Å². The maximum atomic E-state index is 9.00. The molecule has 0 rings (SSSR count). The maximum Gasteiger partial charge on any atom is 0.300 e. The Bertz CT molecular complexity index is 111. The summed E-state index contributed by atoms with van der Waals surface area (Å²) in [4.78, 5) is 9.00. The number of carboxylic acids is 1. The van der Waals surface area contributed by atoms with E-state index in [2.05, 4.69) is 27.7 Å². The molecule has 0 saturated carbocycles. The number of hydrogen-bond acceptors (Lipinski definition) is 2. The van der Waals surface area contributed by atoms with Gasteiger partial charge in [0.15, 0.2) is 0 Å². The van der Waals surface area contributed by atoms with Gasteiger partial charge in [0, 0.05) is 6.92 Å². The maximum absolute atomic E-state index is 9.00. The Balaban J connectivity index is 0. The first-order valence-corrected chi connectivity index (χ1v) is 4.78. The predicted molar refractivity (Wildman–Crippen MR) is 53.9 cm³/mol. The minimum absolute atomic E-state index is 0.431. The number of hydrogen-bond donors (Lipinski definition) is 1. The Morgan fingerprint density at radius 2 is 1.46 bits per heavy atom. The molecule has 3 nitrogen and oxygen atoms in total. The molecule has 0 spiro atoms. The molecule has 0 aromatic heterocycles. The molecular weight excluding hydrogens is 168 g/mol. The van der Waals surface area contributed by atoms with Crippen molar-refractivity contribution in [1.29, 1.82) is 0 Å². The molecule has 0 aromatic rings. The van der Waals surface area contributed by atoms with Crippen molar-refractivity contribution in [2.75, 3.05) is 0 Å². The van der Waals surface area contributed by atoms with Crippen LogP contribution in [0.4, 0.5) is 0 Å². The molecule has 0 aromatic carbocycles. The van der Waals surface area contributed by atoms with E-state index in [9.17, 15) is 0 Å². The van der Waals surface area contributed by atoms with Gasteiger partial charge in [-0.05, 0) is 26.7 Å². The van der Waals surface area contributed by atoms with Crippen LogP contribution in [-0.2, 0) is 9.53 Å². The summed E-state index contributed by atoms with van der Waals surface area (Å²) in [6.45, 7) is 9.61. The van der Waals surface area contributed by atoms with E-state index in [1.165, 1.54) is 0 Å². The van der Waals surface area contributed by atoms with Gasteiger partial charge in [-0.1, -0.05) is 13.8 Å². The Labute approximate surface area is 81.1 Å². The summed E-state index contributed by atoms with van der Waals surface area (Å²) < 4.78 is 5.55. The van der Waals surface area contributed by atoms with Gasteiger partial charge < -0.3 is 9.84 Å². The van der Waals surface area contributed by atoms with E-state index in [0.29, 0.717) is 12.2 Å². The molecule has 3 heteroatoms. The van der Waals surface area contributed by atoms with Crippen LogP contribution in [0.15, 0.2) is 0 Å². The summed E-state index contributed by atoms with van der Waals surface area (Å²) >= 11 is 0. The van der Waals surface area contributed by atoms with Crippen molar-refractivity contribution in [1.82, 2.24) is 0 Å². The average molecular weight is 190 g/mol. The molecule has 1 N–H and O–H groups in total. The zero-order chi connectivity index (χ0) is 10.9. The lowest BCUT2D eigenvalue weighted by molar-refractivity contribution is -0.134. The highest BCUT2D eigenvalue weighted by Gasteiger charge is 2.02. The van der Waals surface area contributed by atoms with E-state index < -0.39 is 5.97 Å². The molecule has 2 unspecified atom stereocenters. The molecule has 0 radical (unpaired) electrons. The molecule has 0 saturated heterocycles. The molecule has 0 amide bonds. The average Bonchev–Trinajstić information content (AvgIpc) is 2.03. The largest absolute Gasteiger partial charge is 0.481 e. The highest BCUT2D eigenvalue weighted by Crippen LogP contribution is 2.03. The molecule has 0 bridgehead atoms. The summed E-state index contributed by atoms with van der Waals surface area (Å²) in [6, 6.07) is 0. The first-order chi connectivity index (χ1) is 5.93. The fraction of sp³-hybridized carbons (Fsp3) is 0.900. The standard InChI is InChI=1S/C8H18O.C2H4O2/c1-5-7(3)9-8(4)6-2;1-2(3)4/h7-8H,5-6H2,1-4H3;1H3,(H,3,4). The molecular formula is C10H22O3. The van der Waals surface area contributed by atoms with E-state index in [1.54, 1.807) is 0 Å². The van der Waals surface area contributed by atoms with Crippen molar-refractivity contribution < 1.29 is 14.6 Å². The quantitative estimate of drug-likeness (QED) is 0.741. The van der Waals surface area contributed by atoms with Crippen LogP contribution in [0.2, 0.25) is 0 Å².